The van der Waals surface area contributed by atoms with Crippen molar-refractivity contribution in [3.05, 3.63) is 61.0 Å². The molecule has 24 heavy (non-hydrogen) atoms. The summed E-state index contributed by atoms with van der Waals surface area (Å²) >= 11 is 9.24. The number of phenols is 1. The molecule has 2 aromatic carbocycles. The van der Waals surface area contributed by atoms with Gasteiger partial charge in [0.2, 0.25) is 0 Å². The molecule has 7 heteroatoms. The quantitative estimate of drug-likeness (QED) is 0.487. The van der Waals surface area contributed by atoms with Gasteiger partial charge in [-0.15, -0.1) is 0 Å². The van der Waals surface area contributed by atoms with E-state index in [9.17, 15) is 9.90 Å². The third kappa shape index (κ3) is 3.93. The van der Waals surface area contributed by atoms with Crippen LogP contribution in [-0.4, -0.2) is 16.2 Å². The highest BCUT2D eigenvalue weighted by atomic mass is 127. The summed E-state index contributed by atoms with van der Waals surface area (Å²) < 4.78 is 0.629. The number of hydrogen-bond acceptors (Lipinski definition) is 4. The van der Waals surface area contributed by atoms with E-state index in [1.165, 1.54) is 11.8 Å². The molecule has 0 unspecified atom stereocenters. The molecule has 1 heterocycles. The molecule has 1 aliphatic heterocycles. The number of aliphatic imine (C=N–C) groups is 1. The molecule has 0 aromatic heterocycles. The number of amidine groups is 1. The fourth-order valence-electron chi connectivity index (χ4n) is 2.05. The maximum atomic E-state index is 12.1. The first-order valence-corrected chi connectivity index (χ1v) is 9.24. The maximum absolute atomic E-state index is 12.1. The van der Waals surface area contributed by atoms with Crippen LogP contribution in [-0.2, 0) is 4.79 Å². The number of aryl methyl sites for hydroxylation is 1. The van der Waals surface area contributed by atoms with Gasteiger partial charge in [0.05, 0.1) is 14.2 Å². The first-order valence-electron chi connectivity index (χ1n) is 6.96. The zero-order chi connectivity index (χ0) is 17.3. The SMILES string of the molecule is Cc1ccc(N=C2NC(=O)/C(=C\c3cc(Cl)cc(I)c3O)S2)cc1. The normalized spacial score (nSPS) is 17.5. The molecule has 0 bridgehead atoms. The largest absolute Gasteiger partial charge is 0.506 e. The van der Waals surface area contributed by atoms with E-state index < -0.39 is 0 Å². The molecule has 0 radical (unpaired) electrons. The van der Waals surface area contributed by atoms with Crippen molar-refractivity contribution in [3.63, 3.8) is 0 Å². The van der Waals surface area contributed by atoms with Gasteiger partial charge in [-0.25, -0.2) is 4.99 Å². The summed E-state index contributed by atoms with van der Waals surface area (Å²) in [7, 11) is 0. The summed E-state index contributed by atoms with van der Waals surface area (Å²) in [6.45, 7) is 2.00. The fourth-order valence-corrected chi connectivity index (χ4v) is 3.94. The molecule has 0 spiro atoms. The molecule has 1 saturated heterocycles. The number of benzene rings is 2. The lowest BCUT2D eigenvalue weighted by atomic mass is 10.2. The van der Waals surface area contributed by atoms with Gasteiger partial charge in [0, 0.05) is 10.6 Å². The van der Waals surface area contributed by atoms with Gasteiger partial charge in [0.1, 0.15) is 5.75 Å². The Balaban J connectivity index is 1.89. The highest BCUT2D eigenvalue weighted by Crippen LogP contribution is 2.34. The summed E-state index contributed by atoms with van der Waals surface area (Å²) in [6.07, 6.45) is 1.61. The van der Waals surface area contributed by atoms with Crippen LogP contribution in [0.25, 0.3) is 6.08 Å². The van der Waals surface area contributed by atoms with Gasteiger partial charge in [0.15, 0.2) is 5.17 Å². The van der Waals surface area contributed by atoms with Crippen molar-refractivity contribution in [3.8, 4) is 5.75 Å². The van der Waals surface area contributed by atoms with Crippen molar-refractivity contribution in [2.75, 3.05) is 0 Å². The Bertz CT molecular complexity index is 879. The number of rotatable bonds is 2. The first kappa shape index (κ1) is 17.3. The van der Waals surface area contributed by atoms with Gasteiger partial charge in [-0.2, -0.15) is 0 Å². The number of aromatic hydroxyl groups is 1. The van der Waals surface area contributed by atoms with Crippen LogP contribution < -0.4 is 5.32 Å². The van der Waals surface area contributed by atoms with Gasteiger partial charge in [-0.1, -0.05) is 29.3 Å². The van der Waals surface area contributed by atoms with E-state index in [2.05, 4.69) is 10.3 Å². The van der Waals surface area contributed by atoms with Crippen molar-refractivity contribution in [1.29, 1.82) is 0 Å². The van der Waals surface area contributed by atoms with Crippen LogP contribution in [0.5, 0.6) is 5.75 Å². The molecular formula is C17H12ClIN2O2S. The Hall–Kier alpha value is -1.51. The van der Waals surface area contributed by atoms with E-state index in [0.717, 1.165) is 11.3 Å². The van der Waals surface area contributed by atoms with Crippen molar-refractivity contribution in [1.82, 2.24) is 5.32 Å². The van der Waals surface area contributed by atoms with Crippen molar-refractivity contribution < 1.29 is 9.90 Å². The van der Waals surface area contributed by atoms with Gasteiger partial charge in [-0.05, 0) is 71.6 Å². The third-order valence-corrected chi connectivity index (χ3v) is 5.21. The second-order valence-corrected chi connectivity index (χ2v) is 7.77. The highest BCUT2D eigenvalue weighted by Gasteiger charge is 2.24. The van der Waals surface area contributed by atoms with E-state index in [0.29, 0.717) is 24.2 Å². The zero-order valence-electron chi connectivity index (χ0n) is 12.5. The predicted molar refractivity (Wildman–Crippen MR) is 108 cm³/mol. The number of nitrogens with zero attached hydrogens (tertiary/aromatic N) is 1. The van der Waals surface area contributed by atoms with E-state index in [1.807, 2.05) is 53.8 Å². The molecule has 2 aromatic rings. The molecule has 3 rings (SSSR count). The van der Waals surface area contributed by atoms with E-state index in [-0.39, 0.29) is 11.7 Å². The summed E-state index contributed by atoms with van der Waals surface area (Å²) in [4.78, 5) is 17.0. The van der Waals surface area contributed by atoms with Crippen LogP contribution in [0.15, 0.2) is 46.3 Å². The highest BCUT2D eigenvalue weighted by molar-refractivity contribution is 14.1. The molecule has 0 aliphatic carbocycles. The predicted octanol–water partition coefficient (Wildman–Crippen LogP) is 4.85. The molecule has 0 saturated carbocycles. The maximum Gasteiger partial charge on any atom is 0.264 e. The molecule has 1 aliphatic rings. The van der Waals surface area contributed by atoms with Gasteiger partial charge in [-0.3, -0.25) is 4.79 Å². The fraction of sp³-hybridized carbons (Fsp3) is 0.0588. The van der Waals surface area contributed by atoms with Gasteiger partial charge >= 0.3 is 0 Å². The minimum Gasteiger partial charge on any atom is -0.506 e. The number of carbonyl (C=O) groups excluding carboxylic acids is 1. The number of phenolic OH excluding ortho intramolecular Hbond substituents is 1. The number of amides is 1. The van der Waals surface area contributed by atoms with E-state index >= 15 is 0 Å². The van der Waals surface area contributed by atoms with Gasteiger partial charge < -0.3 is 10.4 Å². The van der Waals surface area contributed by atoms with Crippen molar-refractivity contribution >= 4 is 68.8 Å². The van der Waals surface area contributed by atoms with Gasteiger partial charge in [0.25, 0.3) is 5.91 Å². The lowest BCUT2D eigenvalue weighted by Crippen LogP contribution is -2.19. The minimum atomic E-state index is -0.250. The van der Waals surface area contributed by atoms with Crippen molar-refractivity contribution in [2.24, 2.45) is 4.99 Å². The first-order chi connectivity index (χ1) is 11.4. The molecule has 2 N–H and O–H groups in total. The van der Waals surface area contributed by atoms with Crippen molar-refractivity contribution in [2.45, 2.75) is 6.92 Å². The summed E-state index contributed by atoms with van der Waals surface area (Å²) in [6, 6.07) is 11.0. The second-order valence-electron chi connectivity index (χ2n) is 5.14. The minimum absolute atomic E-state index is 0.102. The van der Waals surface area contributed by atoms with Crippen LogP contribution >= 0.6 is 46.0 Å². The average molecular weight is 471 g/mol. The molecular weight excluding hydrogens is 459 g/mol. The summed E-state index contributed by atoms with van der Waals surface area (Å²) in [5, 5.41) is 13.8. The second kappa shape index (κ2) is 7.16. The number of hydrogen-bond donors (Lipinski definition) is 2. The molecule has 1 amide bonds. The van der Waals surface area contributed by atoms with Crippen LogP contribution in [0.4, 0.5) is 5.69 Å². The lowest BCUT2D eigenvalue weighted by molar-refractivity contribution is -0.115. The Kier molecular flexibility index (Phi) is 5.17. The Morgan fingerprint density at radius 3 is 2.71 bits per heavy atom. The standard InChI is InChI=1S/C17H12ClIN2O2S/c1-9-2-4-12(5-3-9)20-17-21-16(23)14(24-17)7-10-6-11(18)8-13(19)15(10)22/h2-8,22H,1H3,(H,20,21,23)/b14-7+. The summed E-state index contributed by atoms with van der Waals surface area (Å²) in [5.41, 5.74) is 2.42. The van der Waals surface area contributed by atoms with Crippen LogP contribution in [0, 0.1) is 10.5 Å². The van der Waals surface area contributed by atoms with E-state index in [4.69, 9.17) is 11.6 Å². The van der Waals surface area contributed by atoms with Crippen LogP contribution in [0.1, 0.15) is 11.1 Å². The zero-order valence-corrected chi connectivity index (χ0v) is 16.2. The van der Waals surface area contributed by atoms with Crippen LogP contribution in [0.3, 0.4) is 0 Å². The Labute approximate surface area is 162 Å². The average Bonchev–Trinajstić information content (AvgIpc) is 2.86. The monoisotopic (exact) mass is 470 g/mol. The lowest BCUT2D eigenvalue weighted by Gasteiger charge is -2.03. The number of thioether (sulfide) groups is 1. The Morgan fingerprint density at radius 1 is 1.29 bits per heavy atom. The van der Waals surface area contributed by atoms with Crippen LogP contribution in [0.2, 0.25) is 5.02 Å². The molecule has 1 fully saturated rings. The molecule has 122 valence electrons. The smallest absolute Gasteiger partial charge is 0.264 e. The molecule has 0 atom stereocenters. The van der Waals surface area contributed by atoms with E-state index in [1.54, 1.807) is 18.2 Å². The number of halogens is 2. The summed E-state index contributed by atoms with van der Waals surface area (Å²) in [5.74, 6) is -0.148. The number of carbonyl (C=O) groups is 1. The topological polar surface area (TPSA) is 61.7 Å². The molecule has 4 nitrogen and oxygen atoms in total. The Morgan fingerprint density at radius 2 is 2.00 bits per heavy atom. The number of nitrogens with one attached hydrogen (secondary N) is 1. The third-order valence-electron chi connectivity index (χ3n) is 3.26.